The summed E-state index contributed by atoms with van der Waals surface area (Å²) in [5.41, 5.74) is 6.08. The molecule has 2 unspecified atom stereocenters. The fraction of sp³-hybridized carbons (Fsp3) is 0.917. The van der Waals surface area contributed by atoms with Crippen molar-refractivity contribution in [3.8, 4) is 0 Å². The highest BCUT2D eigenvalue weighted by atomic mass is 16.5. The van der Waals surface area contributed by atoms with E-state index in [-0.39, 0.29) is 5.54 Å². The van der Waals surface area contributed by atoms with Crippen LogP contribution in [0.5, 0.6) is 0 Å². The quantitative estimate of drug-likeness (QED) is 0.782. The average Bonchev–Trinajstić information content (AvgIpc) is 2.64. The van der Waals surface area contributed by atoms with E-state index in [2.05, 4.69) is 9.89 Å². The first-order valence-corrected chi connectivity index (χ1v) is 6.31. The monoisotopic (exact) mass is 241 g/mol. The first-order chi connectivity index (χ1) is 8.22. The Hall–Kier alpha value is -0.810. The van der Waals surface area contributed by atoms with Gasteiger partial charge in [0.05, 0.1) is 24.8 Å². The molecule has 0 amide bonds. The number of guanidine groups is 1. The summed E-state index contributed by atoms with van der Waals surface area (Å²) < 4.78 is 10.7. The van der Waals surface area contributed by atoms with E-state index in [1.807, 2.05) is 0 Å². The van der Waals surface area contributed by atoms with Gasteiger partial charge < -0.3 is 20.1 Å². The molecule has 5 nitrogen and oxygen atoms in total. The van der Waals surface area contributed by atoms with Crippen LogP contribution in [0.4, 0.5) is 0 Å². The maximum Gasteiger partial charge on any atom is 0.191 e. The lowest BCUT2D eigenvalue weighted by molar-refractivity contribution is 0.00407. The van der Waals surface area contributed by atoms with Crippen LogP contribution in [0.25, 0.3) is 0 Å². The molecule has 0 saturated heterocycles. The smallest absolute Gasteiger partial charge is 0.191 e. The van der Waals surface area contributed by atoms with Gasteiger partial charge in [-0.15, -0.1) is 0 Å². The molecule has 0 aromatic heterocycles. The first kappa shape index (κ1) is 12.6. The summed E-state index contributed by atoms with van der Waals surface area (Å²) in [6.07, 6.45) is 4.86. The zero-order valence-corrected chi connectivity index (χ0v) is 10.8. The third kappa shape index (κ3) is 2.40. The van der Waals surface area contributed by atoms with Gasteiger partial charge in [-0.25, -0.2) is 0 Å². The van der Waals surface area contributed by atoms with Gasteiger partial charge in [0.2, 0.25) is 0 Å². The van der Waals surface area contributed by atoms with Crippen LogP contribution in [0, 0.1) is 0 Å². The number of methoxy groups -OCH3 is 2. The zero-order chi connectivity index (χ0) is 12.3. The second-order valence-electron chi connectivity index (χ2n) is 5.00. The van der Waals surface area contributed by atoms with Gasteiger partial charge in [-0.3, -0.25) is 4.99 Å². The third-order valence-electron chi connectivity index (χ3n) is 4.01. The molecule has 0 aromatic carbocycles. The molecule has 0 radical (unpaired) electrons. The number of nitrogens with two attached hydrogens (primary N) is 1. The second kappa shape index (κ2) is 5.23. The fourth-order valence-corrected chi connectivity index (χ4v) is 3.05. The SMILES string of the molecule is COCCN1C(N)=NCC12CCCC(OC)C2. The standard InChI is InChI=1S/C12H23N3O2/c1-16-7-6-15-11(13)14-9-12(15)5-3-4-10(8-12)17-2/h10H,3-9H2,1-2H3,(H2,13,14). The van der Waals surface area contributed by atoms with Gasteiger partial charge in [-0.1, -0.05) is 0 Å². The molecular formula is C12H23N3O2. The van der Waals surface area contributed by atoms with E-state index in [4.69, 9.17) is 15.2 Å². The van der Waals surface area contributed by atoms with Crippen molar-refractivity contribution in [3.05, 3.63) is 0 Å². The Bertz CT molecular complexity index is 295. The molecule has 2 rings (SSSR count). The predicted octanol–water partition coefficient (Wildman–Crippen LogP) is 0.591. The van der Waals surface area contributed by atoms with Crippen molar-refractivity contribution >= 4 is 5.96 Å². The van der Waals surface area contributed by atoms with E-state index in [0.29, 0.717) is 18.7 Å². The van der Waals surface area contributed by atoms with Crippen molar-refractivity contribution in [1.82, 2.24) is 4.90 Å². The molecule has 2 atom stereocenters. The van der Waals surface area contributed by atoms with Crippen LogP contribution in [0.3, 0.4) is 0 Å². The molecule has 2 aliphatic rings. The number of rotatable bonds is 4. The van der Waals surface area contributed by atoms with Gasteiger partial charge >= 0.3 is 0 Å². The van der Waals surface area contributed by atoms with E-state index in [9.17, 15) is 0 Å². The van der Waals surface area contributed by atoms with E-state index in [1.165, 1.54) is 6.42 Å². The number of hydrogen-bond acceptors (Lipinski definition) is 5. The molecule has 1 fully saturated rings. The number of ether oxygens (including phenoxy) is 2. The van der Waals surface area contributed by atoms with Crippen molar-refractivity contribution in [2.75, 3.05) is 33.9 Å². The maximum absolute atomic E-state index is 5.99. The van der Waals surface area contributed by atoms with Crippen molar-refractivity contribution in [3.63, 3.8) is 0 Å². The Morgan fingerprint density at radius 1 is 1.53 bits per heavy atom. The van der Waals surface area contributed by atoms with Crippen molar-refractivity contribution in [2.24, 2.45) is 10.7 Å². The molecule has 0 bridgehead atoms. The van der Waals surface area contributed by atoms with Crippen molar-refractivity contribution in [2.45, 2.75) is 37.3 Å². The molecule has 5 heteroatoms. The van der Waals surface area contributed by atoms with Gasteiger partial charge in [0.1, 0.15) is 0 Å². The van der Waals surface area contributed by atoms with Crippen molar-refractivity contribution in [1.29, 1.82) is 0 Å². The summed E-state index contributed by atoms with van der Waals surface area (Å²) in [5.74, 6) is 0.666. The highest BCUT2D eigenvalue weighted by Gasteiger charge is 2.45. The molecule has 1 aliphatic heterocycles. The first-order valence-electron chi connectivity index (χ1n) is 6.31. The van der Waals surface area contributed by atoms with E-state index in [0.717, 1.165) is 32.4 Å². The Morgan fingerprint density at radius 3 is 3.06 bits per heavy atom. The lowest BCUT2D eigenvalue weighted by atomic mass is 9.79. The van der Waals surface area contributed by atoms with Gasteiger partial charge in [0, 0.05) is 20.8 Å². The Labute approximate surface area is 103 Å². The van der Waals surface area contributed by atoms with E-state index < -0.39 is 0 Å². The molecule has 1 spiro atoms. The minimum atomic E-state index is 0.0849. The van der Waals surface area contributed by atoms with Crippen LogP contribution in [0.15, 0.2) is 4.99 Å². The van der Waals surface area contributed by atoms with Gasteiger partial charge in [0.15, 0.2) is 5.96 Å². The minimum absolute atomic E-state index is 0.0849. The summed E-state index contributed by atoms with van der Waals surface area (Å²) in [6.45, 7) is 2.32. The van der Waals surface area contributed by atoms with Gasteiger partial charge in [0.25, 0.3) is 0 Å². The lowest BCUT2D eigenvalue weighted by Crippen LogP contribution is -2.55. The van der Waals surface area contributed by atoms with Gasteiger partial charge in [-0.2, -0.15) is 0 Å². The minimum Gasteiger partial charge on any atom is -0.383 e. The normalized spacial score (nSPS) is 33.2. The molecule has 0 aromatic rings. The van der Waals surface area contributed by atoms with Crippen molar-refractivity contribution < 1.29 is 9.47 Å². The predicted molar refractivity (Wildman–Crippen MR) is 67.1 cm³/mol. The maximum atomic E-state index is 5.99. The molecule has 1 heterocycles. The summed E-state index contributed by atoms with van der Waals surface area (Å²) in [4.78, 5) is 6.65. The van der Waals surface area contributed by atoms with E-state index >= 15 is 0 Å². The summed E-state index contributed by atoms with van der Waals surface area (Å²) >= 11 is 0. The molecule has 1 aliphatic carbocycles. The zero-order valence-electron chi connectivity index (χ0n) is 10.8. The highest BCUT2D eigenvalue weighted by Crippen LogP contribution is 2.37. The summed E-state index contributed by atoms with van der Waals surface area (Å²) in [7, 11) is 3.51. The van der Waals surface area contributed by atoms with Crippen LogP contribution in [0.2, 0.25) is 0 Å². The Balaban J connectivity index is 2.07. The van der Waals surface area contributed by atoms with E-state index in [1.54, 1.807) is 14.2 Å². The Kier molecular flexibility index (Phi) is 3.89. The van der Waals surface area contributed by atoms with Gasteiger partial charge in [-0.05, 0) is 25.7 Å². The molecule has 98 valence electrons. The molecule has 17 heavy (non-hydrogen) atoms. The van der Waals surface area contributed by atoms with Crippen LogP contribution in [-0.4, -0.2) is 56.4 Å². The number of aliphatic imine (C=N–C) groups is 1. The molecule has 1 saturated carbocycles. The molecular weight excluding hydrogens is 218 g/mol. The topological polar surface area (TPSA) is 60.1 Å². The average molecular weight is 241 g/mol. The third-order valence-corrected chi connectivity index (χ3v) is 4.01. The van der Waals surface area contributed by atoms with Crippen LogP contribution >= 0.6 is 0 Å². The second-order valence-corrected chi connectivity index (χ2v) is 5.00. The van der Waals surface area contributed by atoms with Crippen LogP contribution < -0.4 is 5.73 Å². The fourth-order valence-electron chi connectivity index (χ4n) is 3.05. The summed E-state index contributed by atoms with van der Waals surface area (Å²) in [5, 5.41) is 0. The Morgan fingerprint density at radius 2 is 2.35 bits per heavy atom. The highest BCUT2D eigenvalue weighted by molar-refractivity contribution is 5.81. The van der Waals surface area contributed by atoms with Crippen LogP contribution in [0.1, 0.15) is 25.7 Å². The lowest BCUT2D eigenvalue weighted by Gasteiger charge is -2.44. The number of nitrogens with zero attached hydrogens (tertiary/aromatic N) is 2. The molecule has 2 N–H and O–H groups in total. The summed E-state index contributed by atoms with van der Waals surface area (Å²) in [6, 6.07) is 0. The van der Waals surface area contributed by atoms with Crippen LogP contribution in [-0.2, 0) is 9.47 Å². The largest absolute Gasteiger partial charge is 0.383 e. The number of hydrogen-bond donors (Lipinski definition) is 1.